The number of hydrogen-bond donors (Lipinski definition) is 1. The number of rotatable bonds is 5. The molecule has 4 unspecified atom stereocenters. The summed E-state index contributed by atoms with van der Waals surface area (Å²) in [6.45, 7) is 4.43. The van der Waals surface area contributed by atoms with E-state index in [1.54, 1.807) is 6.26 Å². The maximum Gasteiger partial charge on any atom is 0.264 e. The highest BCUT2D eigenvalue weighted by Crippen LogP contribution is 2.54. The van der Waals surface area contributed by atoms with Gasteiger partial charge in [0.2, 0.25) is 0 Å². The molecule has 1 amide bonds. The van der Waals surface area contributed by atoms with Gasteiger partial charge in [-0.15, -0.1) is 0 Å². The fourth-order valence-corrected chi connectivity index (χ4v) is 5.63. The van der Waals surface area contributed by atoms with Crippen LogP contribution in [0, 0.1) is 23.1 Å². The average Bonchev–Trinajstić information content (AvgIpc) is 2.53. The van der Waals surface area contributed by atoms with E-state index < -0.39 is 17.4 Å². The molecule has 4 atom stereocenters. The normalized spacial score (nSPS) is 32.8. The van der Waals surface area contributed by atoms with Crippen LogP contribution in [0.15, 0.2) is 12.1 Å². The summed E-state index contributed by atoms with van der Waals surface area (Å²) in [7, 11) is 0. The monoisotopic (exact) mass is 417 g/mol. The number of hydrogen-bond acceptors (Lipinski definition) is 3. The summed E-state index contributed by atoms with van der Waals surface area (Å²) in [5, 5.41) is 0.172. The minimum absolute atomic E-state index is 0.128. The Balaban J connectivity index is 1.71. The standard InChI is InChI=1S/C20H26ClF2NO2S/c1-12-4-13-8-19(2,10-20(23,7-12)9-13)11-26-17-6-16(22)14(5-15(17)21)18(25)24-27-3/h5-6,12-13H,4,7-11H2,1-3H3,(H,24,25). The Morgan fingerprint density at radius 2 is 2.15 bits per heavy atom. The van der Waals surface area contributed by atoms with Gasteiger partial charge < -0.3 is 4.74 Å². The number of carbonyl (C=O) groups is 1. The topological polar surface area (TPSA) is 38.3 Å². The molecule has 3 nitrogen and oxygen atoms in total. The van der Waals surface area contributed by atoms with Crippen molar-refractivity contribution in [2.24, 2.45) is 17.3 Å². The van der Waals surface area contributed by atoms with Crippen molar-refractivity contribution < 1.29 is 18.3 Å². The van der Waals surface area contributed by atoms with Gasteiger partial charge in [-0.1, -0.05) is 37.4 Å². The van der Waals surface area contributed by atoms with E-state index in [0.717, 1.165) is 30.9 Å². The van der Waals surface area contributed by atoms with Crippen LogP contribution in [0.1, 0.15) is 56.3 Å². The number of benzene rings is 1. The molecule has 7 heteroatoms. The van der Waals surface area contributed by atoms with Gasteiger partial charge in [-0.05, 0) is 50.0 Å². The second kappa shape index (κ2) is 7.78. The van der Waals surface area contributed by atoms with Crippen LogP contribution >= 0.6 is 23.5 Å². The largest absolute Gasteiger partial charge is 0.491 e. The molecular formula is C20H26ClF2NO2S. The van der Waals surface area contributed by atoms with Gasteiger partial charge in [-0.25, -0.2) is 8.78 Å². The van der Waals surface area contributed by atoms with Crippen LogP contribution in [0.4, 0.5) is 8.78 Å². The van der Waals surface area contributed by atoms with Gasteiger partial charge in [-0.2, -0.15) is 0 Å². The van der Waals surface area contributed by atoms with Gasteiger partial charge in [-0.3, -0.25) is 9.52 Å². The number of halogens is 3. The Labute approximate surface area is 168 Å². The summed E-state index contributed by atoms with van der Waals surface area (Å²) in [6.07, 6.45) is 5.32. The second-order valence-corrected chi connectivity index (χ2v) is 9.66. The minimum Gasteiger partial charge on any atom is -0.491 e. The lowest BCUT2D eigenvalue weighted by atomic mass is 9.58. The first-order chi connectivity index (χ1) is 12.6. The zero-order valence-electron chi connectivity index (χ0n) is 15.9. The van der Waals surface area contributed by atoms with E-state index in [2.05, 4.69) is 11.6 Å². The molecule has 27 heavy (non-hydrogen) atoms. The number of carbonyl (C=O) groups excluding carboxylic acids is 1. The van der Waals surface area contributed by atoms with Gasteiger partial charge in [0, 0.05) is 17.7 Å². The molecule has 150 valence electrons. The Hall–Kier alpha value is -1.01. The first-order valence-electron chi connectivity index (χ1n) is 9.27. The van der Waals surface area contributed by atoms with Crippen molar-refractivity contribution in [2.45, 2.75) is 51.6 Å². The third kappa shape index (κ3) is 4.70. The molecule has 2 saturated carbocycles. The molecule has 2 aliphatic carbocycles. The Morgan fingerprint density at radius 1 is 1.41 bits per heavy atom. The van der Waals surface area contributed by atoms with Crippen LogP contribution < -0.4 is 9.46 Å². The predicted octanol–water partition coefficient (Wildman–Crippen LogP) is 5.81. The lowest BCUT2D eigenvalue weighted by Crippen LogP contribution is -2.47. The molecule has 0 aliphatic heterocycles. The summed E-state index contributed by atoms with van der Waals surface area (Å²) in [5.74, 6) is -0.266. The number of alkyl halides is 1. The SMILES string of the molecule is CSNC(=O)c1cc(Cl)c(OCC2(C)CC3CC(C)CC(F)(C3)C2)cc1F. The van der Waals surface area contributed by atoms with Crippen LogP contribution in [0.2, 0.25) is 5.02 Å². The van der Waals surface area contributed by atoms with Crippen LogP contribution in [0.25, 0.3) is 0 Å². The molecule has 1 N–H and O–H groups in total. The van der Waals surface area contributed by atoms with Crippen LogP contribution in [0.3, 0.4) is 0 Å². The van der Waals surface area contributed by atoms with E-state index in [1.807, 2.05) is 6.92 Å². The van der Waals surface area contributed by atoms with Crippen LogP contribution in [0.5, 0.6) is 5.75 Å². The Bertz CT molecular complexity index is 730. The smallest absolute Gasteiger partial charge is 0.264 e. The number of ether oxygens (including phenoxy) is 1. The van der Waals surface area contributed by atoms with Crippen LogP contribution in [-0.2, 0) is 0 Å². The van der Waals surface area contributed by atoms with Crippen molar-refractivity contribution in [3.63, 3.8) is 0 Å². The molecule has 2 aliphatic rings. The molecule has 0 spiro atoms. The summed E-state index contributed by atoms with van der Waals surface area (Å²) in [5.41, 5.74) is -1.57. The van der Waals surface area contributed by atoms with E-state index in [9.17, 15) is 9.18 Å². The van der Waals surface area contributed by atoms with Gasteiger partial charge in [0.15, 0.2) is 0 Å². The van der Waals surface area contributed by atoms with Crippen molar-refractivity contribution in [3.8, 4) is 5.75 Å². The molecule has 0 heterocycles. The number of amides is 1. The summed E-state index contributed by atoms with van der Waals surface area (Å²) < 4.78 is 37.8. The number of nitrogens with one attached hydrogen (secondary N) is 1. The molecular weight excluding hydrogens is 392 g/mol. The highest BCUT2D eigenvalue weighted by molar-refractivity contribution is 7.97. The van der Waals surface area contributed by atoms with E-state index in [4.69, 9.17) is 16.3 Å². The zero-order valence-corrected chi connectivity index (χ0v) is 17.5. The molecule has 0 radical (unpaired) electrons. The van der Waals surface area contributed by atoms with E-state index in [0.29, 0.717) is 31.1 Å². The van der Waals surface area contributed by atoms with Crippen molar-refractivity contribution in [1.29, 1.82) is 0 Å². The van der Waals surface area contributed by atoms with E-state index in [1.165, 1.54) is 6.07 Å². The maximum atomic E-state index is 15.2. The average molecular weight is 418 g/mol. The second-order valence-electron chi connectivity index (χ2n) is 8.64. The summed E-state index contributed by atoms with van der Waals surface area (Å²) in [4.78, 5) is 11.8. The van der Waals surface area contributed by atoms with Crippen molar-refractivity contribution >= 4 is 29.5 Å². The molecule has 1 aromatic carbocycles. The first kappa shape index (κ1) is 20.7. The molecule has 1 aromatic rings. The van der Waals surface area contributed by atoms with Gasteiger partial charge in [0.05, 0.1) is 17.2 Å². The first-order valence-corrected chi connectivity index (χ1v) is 10.9. The van der Waals surface area contributed by atoms with Crippen molar-refractivity contribution in [2.75, 3.05) is 12.9 Å². The van der Waals surface area contributed by atoms with Gasteiger partial charge in [0.1, 0.15) is 17.2 Å². The third-order valence-electron chi connectivity index (χ3n) is 5.67. The molecule has 0 aromatic heterocycles. The Kier molecular flexibility index (Phi) is 5.97. The minimum atomic E-state index is -1.13. The predicted molar refractivity (Wildman–Crippen MR) is 106 cm³/mol. The summed E-state index contributed by atoms with van der Waals surface area (Å²) in [6, 6.07) is 2.41. The molecule has 2 fully saturated rings. The fourth-order valence-electron chi connectivity index (χ4n) is 5.12. The quantitative estimate of drug-likeness (QED) is 0.614. The highest BCUT2D eigenvalue weighted by atomic mass is 35.5. The molecule has 3 rings (SSSR count). The fraction of sp³-hybridized carbons (Fsp3) is 0.650. The summed E-state index contributed by atoms with van der Waals surface area (Å²) >= 11 is 7.28. The molecule has 0 saturated heterocycles. The van der Waals surface area contributed by atoms with Crippen LogP contribution in [-0.4, -0.2) is 24.4 Å². The number of fused-ring (bicyclic) bond motifs is 2. The van der Waals surface area contributed by atoms with E-state index in [-0.39, 0.29) is 28.4 Å². The Morgan fingerprint density at radius 3 is 2.81 bits per heavy atom. The zero-order chi connectivity index (χ0) is 19.8. The van der Waals surface area contributed by atoms with Gasteiger partial charge >= 0.3 is 0 Å². The molecule has 2 bridgehead atoms. The lowest BCUT2D eigenvalue weighted by molar-refractivity contribution is -0.0667. The highest BCUT2D eigenvalue weighted by Gasteiger charge is 2.50. The lowest BCUT2D eigenvalue weighted by Gasteiger charge is -2.50. The van der Waals surface area contributed by atoms with Crippen molar-refractivity contribution in [1.82, 2.24) is 4.72 Å². The third-order valence-corrected chi connectivity index (χ3v) is 6.35. The maximum absolute atomic E-state index is 15.2. The van der Waals surface area contributed by atoms with E-state index >= 15 is 4.39 Å². The van der Waals surface area contributed by atoms with Crippen molar-refractivity contribution in [3.05, 3.63) is 28.5 Å². The van der Waals surface area contributed by atoms with Gasteiger partial charge in [0.25, 0.3) is 5.91 Å².